The van der Waals surface area contributed by atoms with Crippen LogP contribution in [0.2, 0.25) is 0 Å². The van der Waals surface area contributed by atoms with Crippen LogP contribution < -0.4 is 0 Å². The molecule has 10 rings (SSSR count). The number of aromatic nitrogens is 3. The van der Waals surface area contributed by atoms with Crippen molar-refractivity contribution in [2.45, 2.75) is 0 Å². The minimum absolute atomic E-state index is 0.673. The Labute approximate surface area is 268 Å². The van der Waals surface area contributed by atoms with E-state index < -0.39 is 0 Å². The van der Waals surface area contributed by atoms with Gasteiger partial charge in [0.25, 0.3) is 0 Å². The van der Waals surface area contributed by atoms with Crippen LogP contribution in [0.15, 0.2) is 152 Å². The van der Waals surface area contributed by atoms with E-state index in [2.05, 4.69) is 156 Å². The number of hydrogen-bond acceptors (Lipinski definition) is 3. The Kier molecular flexibility index (Phi) is 5.45. The highest BCUT2D eigenvalue weighted by molar-refractivity contribution is 7.25. The lowest BCUT2D eigenvalue weighted by molar-refractivity contribution is 1.01. The summed E-state index contributed by atoms with van der Waals surface area (Å²) in [5.41, 5.74) is 7.54. The fourth-order valence-corrected chi connectivity index (χ4v) is 8.16. The fourth-order valence-electron chi connectivity index (χ4n) is 7.07. The summed E-state index contributed by atoms with van der Waals surface area (Å²) in [7, 11) is 0. The van der Waals surface area contributed by atoms with Gasteiger partial charge in [-0.25, -0.2) is 9.97 Å². The molecule has 0 amide bonds. The van der Waals surface area contributed by atoms with Crippen molar-refractivity contribution in [1.29, 1.82) is 0 Å². The summed E-state index contributed by atoms with van der Waals surface area (Å²) in [4.78, 5) is 10.6. The lowest BCUT2D eigenvalue weighted by atomic mass is 10.0. The summed E-state index contributed by atoms with van der Waals surface area (Å²) < 4.78 is 4.87. The number of para-hydroxylation sites is 1. The van der Waals surface area contributed by atoms with Crippen LogP contribution >= 0.6 is 11.3 Å². The molecule has 46 heavy (non-hydrogen) atoms. The van der Waals surface area contributed by atoms with Crippen molar-refractivity contribution in [3.05, 3.63) is 152 Å². The van der Waals surface area contributed by atoms with Gasteiger partial charge in [-0.1, -0.05) is 109 Å². The molecule has 3 heterocycles. The quantitative estimate of drug-likeness (QED) is 0.188. The van der Waals surface area contributed by atoms with E-state index in [1.165, 1.54) is 47.5 Å². The van der Waals surface area contributed by atoms with Crippen LogP contribution in [0.1, 0.15) is 0 Å². The van der Waals surface area contributed by atoms with Crippen molar-refractivity contribution in [1.82, 2.24) is 14.5 Å². The number of benzene rings is 7. The maximum Gasteiger partial charge on any atom is 0.235 e. The molecule has 0 radical (unpaired) electrons. The summed E-state index contributed by atoms with van der Waals surface area (Å²) in [5.74, 6) is 0.673. The standard InChI is InChI=1S/C42H25N3S/c1-2-11-27(12-3-1)41-40-30-13-5-4-10-26(30)18-21-35(40)43-42(44-41)45-36-16-8-6-14-31(36)33-24-28(19-22-37(33)45)29-20-23-39-34(25-29)32-15-7-9-17-38(32)46-39/h1-25H. The third-order valence-electron chi connectivity index (χ3n) is 9.21. The Morgan fingerprint density at radius 2 is 1.11 bits per heavy atom. The molecule has 0 fully saturated rings. The summed E-state index contributed by atoms with van der Waals surface area (Å²) in [5, 5.41) is 8.42. The molecule has 0 aliphatic rings. The third-order valence-corrected chi connectivity index (χ3v) is 10.4. The fraction of sp³-hybridized carbons (Fsp3) is 0. The van der Waals surface area contributed by atoms with Gasteiger partial charge in [-0.2, -0.15) is 0 Å². The molecule has 0 spiro atoms. The van der Waals surface area contributed by atoms with E-state index >= 15 is 0 Å². The largest absolute Gasteiger partial charge is 0.278 e. The lowest BCUT2D eigenvalue weighted by Crippen LogP contribution is -2.03. The van der Waals surface area contributed by atoms with Crippen molar-refractivity contribution in [3.63, 3.8) is 0 Å². The van der Waals surface area contributed by atoms with Gasteiger partial charge >= 0.3 is 0 Å². The zero-order chi connectivity index (χ0) is 30.2. The second-order valence-corrected chi connectivity index (χ2v) is 12.9. The van der Waals surface area contributed by atoms with Gasteiger partial charge in [0.2, 0.25) is 5.95 Å². The van der Waals surface area contributed by atoms with E-state index in [0.29, 0.717) is 5.95 Å². The summed E-state index contributed by atoms with van der Waals surface area (Å²) in [6.45, 7) is 0. The number of fused-ring (bicyclic) bond motifs is 9. The van der Waals surface area contributed by atoms with Crippen molar-refractivity contribution >= 4 is 75.0 Å². The van der Waals surface area contributed by atoms with Gasteiger partial charge in [0.05, 0.1) is 22.2 Å². The summed E-state index contributed by atoms with van der Waals surface area (Å²) >= 11 is 1.85. The minimum Gasteiger partial charge on any atom is -0.278 e. The van der Waals surface area contributed by atoms with Crippen molar-refractivity contribution < 1.29 is 0 Å². The maximum atomic E-state index is 5.35. The number of nitrogens with zero attached hydrogens (tertiary/aromatic N) is 3. The van der Waals surface area contributed by atoms with Crippen molar-refractivity contribution in [3.8, 4) is 28.3 Å². The molecule has 0 bridgehead atoms. The van der Waals surface area contributed by atoms with E-state index in [9.17, 15) is 0 Å². The van der Waals surface area contributed by atoms with E-state index in [-0.39, 0.29) is 0 Å². The van der Waals surface area contributed by atoms with Crippen LogP contribution in [0.5, 0.6) is 0 Å². The Bertz CT molecular complexity index is 2810. The first-order valence-electron chi connectivity index (χ1n) is 15.5. The minimum atomic E-state index is 0.673. The SMILES string of the molecule is c1ccc(-c2nc(-n3c4ccccc4c4cc(-c5ccc6sc7ccccc7c6c5)ccc43)nc3ccc4ccccc4c23)cc1. The molecule has 7 aromatic carbocycles. The van der Waals surface area contributed by atoms with Crippen LogP contribution in [-0.4, -0.2) is 14.5 Å². The van der Waals surface area contributed by atoms with Gasteiger partial charge in [0.1, 0.15) is 0 Å². The van der Waals surface area contributed by atoms with Gasteiger partial charge < -0.3 is 0 Å². The average molecular weight is 604 g/mol. The van der Waals surface area contributed by atoms with Crippen LogP contribution in [0, 0.1) is 0 Å². The van der Waals surface area contributed by atoms with E-state index in [1.807, 2.05) is 11.3 Å². The van der Waals surface area contributed by atoms with Gasteiger partial charge in [-0.15, -0.1) is 11.3 Å². The normalized spacial score (nSPS) is 11.9. The highest BCUT2D eigenvalue weighted by atomic mass is 32.1. The van der Waals surface area contributed by atoms with Crippen molar-refractivity contribution in [2.75, 3.05) is 0 Å². The highest BCUT2D eigenvalue weighted by Crippen LogP contribution is 2.39. The van der Waals surface area contributed by atoms with Crippen molar-refractivity contribution in [2.24, 2.45) is 0 Å². The van der Waals surface area contributed by atoms with Crippen LogP contribution in [-0.2, 0) is 0 Å². The molecular formula is C42H25N3S. The summed E-state index contributed by atoms with van der Waals surface area (Å²) in [6, 6.07) is 54.2. The molecule has 3 nitrogen and oxygen atoms in total. The third kappa shape index (κ3) is 3.77. The van der Waals surface area contributed by atoms with Gasteiger partial charge in [0, 0.05) is 41.9 Å². The predicted octanol–water partition coefficient (Wildman–Crippen LogP) is 11.6. The van der Waals surface area contributed by atoms with Gasteiger partial charge in [0.15, 0.2) is 0 Å². The second kappa shape index (κ2) is 9.83. The Hall–Kier alpha value is -5.84. The first-order chi connectivity index (χ1) is 22.8. The number of rotatable bonds is 3. The zero-order valence-corrected chi connectivity index (χ0v) is 25.5. The first kappa shape index (κ1) is 25.5. The van der Waals surface area contributed by atoms with E-state index in [0.717, 1.165) is 38.6 Å². The molecule has 4 heteroatoms. The van der Waals surface area contributed by atoms with E-state index in [1.54, 1.807) is 0 Å². The maximum absolute atomic E-state index is 5.35. The Morgan fingerprint density at radius 1 is 0.435 bits per heavy atom. The molecule has 0 unspecified atom stereocenters. The molecule has 10 aromatic rings. The smallest absolute Gasteiger partial charge is 0.235 e. The molecule has 214 valence electrons. The highest BCUT2D eigenvalue weighted by Gasteiger charge is 2.19. The van der Waals surface area contributed by atoms with Gasteiger partial charge in [-0.3, -0.25) is 4.57 Å². The average Bonchev–Trinajstić information content (AvgIpc) is 3.66. The second-order valence-electron chi connectivity index (χ2n) is 11.8. The molecule has 0 aliphatic heterocycles. The number of thiophene rings is 1. The van der Waals surface area contributed by atoms with Crippen LogP contribution in [0.25, 0.3) is 92.0 Å². The molecule has 0 aliphatic carbocycles. The number of hydrogen-bond donors (Lipinski definition) is 0. The topological polar surface area (TPSA) is 30.7 Å². The lowest BCUT2D eigenvalue weighted by Gasteiger charge is -2.13. The Morgan fingerprint density at radius 3 is 2.00 bits per heavy atom. The predicted molar refractivity (Wildman–Crippen MR) is 195 cm³/mol. The molecule has 3 aromatic heterocycles. The summed E-state index contributed by atoms with van der Waals surface area (Å²) in [6.07, 6.45) is 0. The molecule has 0 saturated carbocycles. The van der Waals surface area contributed by atoms with Crippen LogP contribution in [0.4, 0.5) is 0 Å². The molecule has 0 atom stereocenters. The molecular weight excluding hydrogens is 579 g/mol. The van der Waals surface area contributed by atoms with Gasteiger partial charge in [-0.05, 0) is 64.4 Å². The van der Waals surface area contributed by atoms with E-state index in [4.69, 9.17) is 9.97 Å². The Balaban J connectivity index is 1.23. The molecule has 0 N–H and O–H groups in total. The monoisotopic (exact) mass is 603 g/mol. The first-order valence-corrected chi connectivity index (χ1v) is 16.3. The van der Waals surface area contributed by atoms with Crippen LogP contribution in [0.3, 0.4) is 0 Å². The molecule has 0 saturated heterocycles. The zero-order valence-electron chi connectivity index (χ0n) is 24.7.